The first-order valence-corrected chi connectivity index (χ1v) is 6.32. The first kappa shape index (κ1) is 14.0. The van der Waals surface area contributed by atoms with Gasteiger partial charge in [-0.3, -0.25) is 0 Å². The van der Waals surface area contributed by atoms with Gasteiger partial charge in [0.25, 0.3) is 0 Å². The van der Waals surface area contributed by atoms with Gasteiger partial charge in [-0.25, -0.2) is 14.6 Å². The van der Waals surface area contributed by atoms with Crippen LogP contribution in [0.3, 0.4) is 0 Å². The number of nitrogens with zero attached hydrogens (tertiary/aromatic N) is 1. The van der Waals surface area contributed by atoms with E-state index in [9.17, 15) is 9.59 Å². The average Bonchev–Trinajstić information content (AvgIpc) is 2.76. The van der Waals surface area contributed by atoms with Crippen LogP contribution in [0.2, 0.25) is 0 Å². The quantitative estimate of drug-likeness (QED) is 0.799. The lowest BCUT2D eigenvalue weighted by Gasteiger charge is -2.08. The molecule has 0 aliphatic rings. The number of aryl methyl sites for hydroxylation is 1. The molecule has 0 spiro atoms. The molecule has 1 aromatic heterocycles. The Labute approximate surface area is 115 Å². The monoisotopic (exact) mass is 277 g/mol. The number of ether oxygens (including phenoxy) is 2. The van der Waals surface area contributed by atoms with E-state index in [1.807, 2.05) is 0 Å². The van der Waals surface area contributed by atoms with Crippen LogP contribution in [0.1, 0.15) is 40.5 Å². The standard InChI is InChI=1S/C14H15NO5/c1-4-18-13(16)9-6-11-12(20-8(3)15-11)7-10(9)14(17)19-5-2/h6-7H,4-5H2,1-3H3. The summed E-state index contributed by atoms with van der Waals surface area (Å²) in [5, 5.41) is 0. The molecule has 0 amide bonds. The summed E-state index contributed by atoms with van der Waals surface area (Å²) >= 11 is 0. The molecule has 0 bridgehead atoms. The predicted molar refractivity (Wildman–Crippen MR) is 70.7 cm³/mol. The zero-order valence-corrected chi connectivity index (χ0v) is 11.6. The molecule has 0 aliphatic heterocycles. The third-order valence-corrected chi connectivity index (χ3v) is 2.63. The van der Waals surface area contributed by atoms with E-state index in [-0.39, 0.29) is 24.3 Å². The third-order valence-electron chi connectivity index (χ3n) is 2.63. The molecule has 1 heterocycles. The van der Waals surface area contributed by atoms with E-state index in [4.69, 9.17) is 13.9 Å². The second-order valence-corrected chi connectivity index (χ2v) is 4.04. The molecule has 6 nitrogen and oxygen atoms in total. The molecule has 2 aromatic rings. The van der Waals surface area contributed by atoms with Crippen LogP contribution in [0, 0.1) is 6.92 Å². The molecular weight excluding hydrogens is 262 g/mol. The number of carbonyl (C=O) groups excluding carboxylic acids is 2. The molecule has 0 saturated heterocycles. The fourth-order valence-electron chi connectivity index (χ4n) is 1.84. The number of hydrogen-bond acceptors (Lipinski definition) is 6. The highest BCUT2D eigenvalue weighted by Gasteiger charge is 2.22. The molecule has 6 heteroatoms. The van der Waals surface area contributed by atoms with E-state index in [1.165, 1.54) is 12.1 Å². The number of fused-ring (bicyclic) bond motifs is 1. The number of esters is 2. The van der Waals surface area contributed by atoms with E-state index in [2.05, 4.69) is 4.98 Å². The van der Waals surface area contributed by atoms with Crippen molar-refractivity contribution in [3.63, 3.8) is 0 Å². The van der Waals surface area contributed by atoms with Crippen LogP contribution >= 0.6 is 0 Å². The van der Waals surface area contributed by atoms with Crippen molar-refractivity contribution in [1.29, 1.82) is 0 Å². The first-order chi connectivity index (χ1) is 9.56. The molecule has 106 valence electrons. The Morgan fingerprint density at radius 2 is 1.65 bits per heavy atom. The summed E-state index contributed by atoms with van der Waals surface area (Å²) in [5.41, 5.74) is 1.18. The van der Waals surface area contributed by atoms with Crippen molar-refractivity contribution >= 4 is 23.0 Å². The van der Waals surface area contributed by atoms with Gasteiger partial charge in [-0.15, -0.1) is 0 Å². The summed E-state index contributed by atoms with van der Waals surface area (Å²) in [4.78, 5) is 28.0. The number of carbonyl (C=O) groups is 2. The highest BCUT2D eigenvalue weighted by Crippen LogP contribution is 2.22. The molecule has 0 radical (unpaired) electrons. The molecule has 0 fully saturated rings. The Hall–Kier alpha value is -2.37. The Morgan fingerprint density at radius 1 is 1.10 bits per heavy atom. The smallest absolute Gasteiger partial charge is 0.339 e. The number of aromatic nitrogens is 1. The fraction of sp³-hybridized carbons (Fsp3) is 0.357. The van der Waals surface area contributed by atoms with Gasteiger partial charge in [0.1, 0.15) is 5.52 Å². The molecule has 0 saturated carbocycles. The Kier molecular flexibility index (Phi) is 4.02. The average molecular weight is 277 g/mol. The Balaban J connectivity index is 2.57. The van der Waals surface area contributed by atoms with Crippen molar-refractivity contribution in [3.8, 4) is 0 Å². The normalized spacial score (nSPS) is 10.6. The molecule has 0 N–H and O–H groups in total. The molecule has 1 aromatic carbocycles. The largest absolute Gasteiger partial charge is 0.462 e. The molecule has 0 unspecified atom stereocenters. The lowest BCUT2D eigenvalue weighted by Crippen LogP contribution is -2.14. The zero-order chi connectivity index (χ0) is 14.7. The van der Waals surface area contributed by atoms with Gasteiger partial charge in [0.2, 0.25) is 0 Å². The van der Waals surface area contributed by atoms with Crippen LogP contribution in [0.25, 0.3) is 11.1 Å². The van der Waals surface area contributed by atoms with Gasteiger partial charge in [0.05, 0.1) is 24.3 Å². The van der Waals surface area contributed by atoms with Gasteiger partial charge in [0.15, 0.2) is 11.5 Å². The number of benzene rings is 1. The second-order valence-electron chi connectivity index (χ2n) is 4.04. The van der Waals surface area contributed by atoms with E-state index >= 15 is 0 Å². The van der Waals surface area contributed by atoms with Gasteiger partial charge >= 0.3 is 11.9 Å². The van der Waals surface area contributed by atoms with Crippen molar-refractivity contribution in [3.05, 3.63) is 29.2 Å². The van der Waals surface area contributed by atoms with Crippen LogP contribution in [-0.2, 0) is 9.47 Å². The first-order valence-electron chi connectivity index (χ1n) is 6.32. The van der Waals surface area contributed by atoms with Gasteiger partial charge in [-0.05, 0) is 26.0 Å². The highest BCUT2D eigenvalue weighted by atomic mass is 16.5. The minimum absolute atomic E-state index is 0.119. The summed E-state index contributed by atoms with van der Waals surface area (Å²) in [7, 11) is 0. The van der Waals surface area contributed by atoms with Crippen LogP contribution < -0.4 is 0 Å². The molecular formula is C14H15NO5. The molecule has 20 heavy (non-hydrogen) atoms. The number of rotatable bonds is 4. The summed E-state index contributed by atoms with van der Waals surface area (Å²) in [5.74, 6) is -0.722. The Morgan fingerprint density at radius 3 is 2.20 bits per heavy atom. The fourth-order valence-corrected chi connectivity index (χ4v) is 1.84. The summed E-state index contributed by atoms with van der Waals surface area (Å²) in [6.07, 6.45) is 0. The van der Waals surface area contributed by atoms with E-state index in [1.54, 1.807) is 20.8 Å². The third kappa shape index (κ3) is 2.64. The lowest BCUT2D eigenvalue weighted by molar-refractivity contribution is 0.0479. The molecule has 2 rings (SSSR count). The molecule has 0 atom stereocenters. The maximum atomic E-state index is 11.9. The van der Waals surface area contributed by atoms with Gasteiger partial charge < -0.3 is 13.9 Å². The maximum Gasteiger partial charge on any atom is 0.339 e. The SMILES string of the molecule is CCOC(=O)c1cc2nc(C)oc2cc1C(=O)OCC. The van der Waals surface area contributed by atoms with E-state index < -0.39 is 11.9 Å². The van der Waals surface area contributed by atoms with Gasteiger partial charge in [-0.1, -0.05) is 0 Å². The summed E-state index contributed by atoms with van der Waals surface area (Å²) in [6, 6.07) is 2.94. The van der Waals surface area contributed by atoms with Crippen LogP contribution in [-0.4, -0.2) is 30.1 Å². The number of hydrogen-bond donors (Lipinski definition) is 0. The van der Waals surface area contributed by atoms with Gasteiger partial charge in [-0.2, -0.15) is 0 Å². The topological polar surface area (TPSA) is 78.6 Å². The van der Waals surface area contributed by atoms with Crippen LogP contribution in [0.4, 0.5) is 0 Å². The molecule has 0 aliphatic carbocycles. The van der Waals surface area contributed by atoms with Crippen molar-refractivity contribution in [2.45, 2.75) is 20.8 Å². The van der Waals surface area contributed by atoms with Crippen LogP contribution in [0.15, 0.2) is 16.5 Å². The lowest BCUT2D eigenvalue weighted by atomic mass is 10.1. The van der Waals surface area contributed by atoms with Gasteiger partial charge in [0, 0.05) is 6.92 Å². The second kappa shape index (κ2) is 5.73. The minimum atomic E-state index is -0.591. The van der Waals surface area contributed by atoms with Crippen molar-refractivity contribution < 1.29 is 23.5 Å². The van der Waals surface area contributed by atoms with E-state index in [0.29, 0.717) is 17.0 Å². The van der Waals surface area contributed by atoms with Crippen LogP contribution in [0.5, 0.6) is 0 Å². The van der Waals surface area contributed by atoms with E-state index in [0.717, 1.165) is 0 Å². The summed E-state index contributed by atoms with van der Waals surface area (Å²) < 4.78 is 15.3. The highest BCUT2D eigenvalue weighted by molar-refractivity contribution is 6.06. The van der Waals surface area contributed by atoms with Crippen molar-refractivity contribution in [1.82, 2.24) is 4.98 Å². The predicted octanol–water partition coefficient (Wildman–Crippen LogP) is 2.49. The zero-order valence-electron chi connectivity index (χ0n) is 11.6. The number of oxazole rings is 1. The Bertz CT molecular complexity index is 604. The van der Waals surface area contributed by atoms with Crippen molar-refractivity contribution in [2.24, 2.45) is 0 Å². The van der Waals surface area contributed by atoms with Crippen molar-refractivity contribution in [2.75, 3.05) is 13.2 Å². The summed E-state index contributed by atoms with van der Waals surface area (Å²) in [6.45, 7) is 5.51. The minimum Gasteiger partial charge on any atom is -0.462 e. The maximum absolute atomic E-state index is 11.9.